The molecule has 3 rings (SSSR count). The monoisotopic (exact) mass is 512 g/mol. The number of halogens is 1. The van der Waals surface area contributed by atoms with Crippen LogP contribution in [-0.2, 0) is 19.1 Å². The first-order chi connectivity index (χ1) is 16.1. The fraction of sp³-hybridized carbons (Fsp3) is 0.625. The number of hydrogen-bond acceptors (Lipinski definition) is 8. The summed E-state index contributed by atoms with van der Waals surface area (Å²) in [6.45, 7) is 5.67. The van der Waals surface area contributed by atoms with Crippen molar-refractivity contribution in [3.63, 3.8) is 0 Å². The number of aromatic nitrogens is 1. The van der Waals surface area contributed by atoms with E-state index in [4.69, 9.17) is 21.1 Å². The maximum Gasteiger partial charge on any atom is 0.241 e. The van der Waals surface area contributed by atoms with Crippen LogP contribution in [0.25, 0.3) is 0 Å². The second-order valence-corrected chi connectivity index (χ2v) is 10.6. The summed E-state index contributed by atoms with van der Waals surface area (Å²) in [5.74, 6) is -1.77. The lowest BCUT2D eigenvalue weighted by Crippen LogP contribution is -2.75. The Morgan fingerprint density at radius 3 is 2.65 bits per heavy atom. The van der Waals surface area contributed by atoms with Crippen molar-refractivity contribution in [2.45, 2.75) is 74.4 Å². The molecular weight excluding hydrogens is 480 g/mol. The zero-order chi connectivity index (χ0) is 25.1. The lowest BCUT2D eigenvalue weighted by molar-refractivity contribution is -0.227. The maximum absolute atomic E-state index is 13.9. The van der Waals surface area contributed by atoms with Gasteiger partial charge in [0.05, 0.1) is 17.8 Å². The lowest BCUT2D eigenvalue weighted by atomic mass is 9.53. The Balaban J connectivity index is 2.12. The van der Waals surface area contributed by atoms with Crippen molar-refractivity contribution in [2.24, 2.45) is 5.41 Å². The second-order valence-electron chi connectivity index (χ2n) is 9.32. The number of thioether (sulfide) groups is 1. The molecule has 1 aliphatic carbocycles. The molecule has 8 nitrogen and oxygen atoms in total. The fourth-order valence-corrected chi connectivity index (χ4v) is 6.40. The average molecular weight is 513 g/mol. The van der Waals surface area contributed by atoms with E-state index in [0.29, 0.717) is 6.42 Å². The van der Waals surface area contributed by atoms with Gasteiger partial charge in [0, 0.05) is 30.2 Å². The van der Waals surface area contributed by atoms with E-state index < -0.39 is 52.6 Å². The molecule has 6 unspecified atom stereocenters. The number of rotatable bonds is 9. The maximum atomic E-state index is 13.9. The van der Waals surface area contributed by atoms with Crippen LogP contribution in [0.5, 0.6) is 0 Å². The van der Waals surface area contributed by atoms with Gasteiger partial charge in [-0.25, -0.2) is 0 Å². The van der Waals surface area contributed by atoms with Crippen LogP contribution in [0.15, 0.2) is 41.1 Å². The smallest absolute Gasteiger partial charge is 0.241 e. The van der Waals surface area contributed by atoms with Gasteiger partial charge >= 0.3 is 0 Å². The lowest BCUT2D eigenvalue weighted by Gasteiger charge is -2.56. The third-order valence-electron chi connectivity index (χ3n) is 6.95. The molecule has 1 saturated carbocycles. The number of allylic oxidation sites excluding steroid dienone is 1. The number of epoxide rings is 1. The van der Waals surface area contributed by atoms with Crippen LogP contribution in [-0.4, -0.2) is 75.3 Å². The van der Waals surface area contributed by atoms with Crippen molar-refractivity contribution < 1.29 is 29.3 Å². The second kappa shape index (κ2) is 10.6. The zero-order valence-electron chi connectivity index (χ0n) is 19.9. The Bertz CT molecular complexity index is 929. The largest absolute Gasteiger partial charge is 0.390 e. The SMILES string of the molecule is COC1C(O)CCC(O)(CSc2ccncc2)C1(C(=O)NC(=O)CCl)C1(C)OC1CC=C(C)C. The van der Waals surface area contributed by atoms with Crippen LogP contribution in [0.3, 0.4) is 0 Å². The number of methoxy groups -OCH3 is 1. The fourth-order valence-electron chi connectivity index (χ4n) is 5.24. The molecule has 188 valence electrons. The van der Waals surface area contributed by atoms with Crippen molar-refractivity contribution in [1.82, 2.24) is 10.3 Å². The molecule has 3 N–H and O–H groups in total. The molecule has 1 aromatic heterocycles. The topological polar surface area (TPSA) is 121 Å². The van der Waals surface area contributed by atoms with Crippen LogP contribution >= 0.6 is 23.4 Å². The summed E-state index contributed by atoms with van der Waals surface area (Å²) in [5.41, 5.74) is -3.57. The number of ether oxygens (including phenoxy) is 2. The number of aliphatic hydroxyl groups excluding tert-OH is 1. The van der Waals surface area contributed by atoms with Gasteiger partial charge in [-0.05, 0) is 52.2 Å². The van der Waals surface area contributed by atoms with Gasteiger partial charge in [-0.1, -0.05) is 11.6 Å². The molecule has 2 fully saturated rings. The molecule has 0 bridgehead atoms. The first kappa shape index (κ1) is 27.1. The third kappa shape index (κ3) is 4.79. The standard InChI is InChI=1S/C24H33ClN2O6S/c1-15(2)5-6-18-22(3,33-18)24(21(30)27-19(29)13-25)20(32-4)17(28)7-10-23(24,31)14-34-16-8-11-26-12-9-16/h5,8-9,11-12,17-18,20,28,31H,6-7,10,13-14H2,1-4H3,(H,27,29,30). The van der Waals surface area contributed by atoms with Gasteiger partial charge in [0.15, 0.2) is 0 Å². The van der Waals surface area contributed by atoms with Crippen LogP contribution in [0.2, 0.25) is 0 Å². The van der Waals surface area contributed by atoms with Crippen molar-refractivity contribution in [1.29, 1.82) is 0 Å². The average Bonchev–Trinajstić information content (AvgIpc) is 3.49. The van der Waals surface area contributed by atoms with Crippen molar-refractivity contribution in [3.8, 4) is 0 Å². The van der Waals surface area contributed by atoms with E-state index in [2.05, 4.69) is 10.3 Å². The number of pyridine rings is 1. The first-order valence-corrected chi connectivity index (χ1v) is 12.7. The minimum absolute atomic E-state index is 0.112. The Kier molecular flexibility index (Phi) is 8.48. The molecule has 2 aliphatic rings. The summed E-state index contributed by atoms with van der Waals surface area (Å²) in [7, 11) is 1.39. The predicted octanol–water partition coefficient (Wildman–Crippen LogP) is 2.46. The summed E-state index contributed by atoms with van der Waals surface area (Å²) in [6.07, 6.45) is 3.56. The molecule has 2 heterocycles. The van der Waals surface area contributed by atoms with Gasteiger partial charge in [0.25, 0.3) is 0 Å². The van der Waals surface area contributed by atoms with Gasteiger partial charge in [0.2, 0.25) is 11.8 Å². The van der Waals surface area contributed by atoms with Crippen LogP contribution in [0, 0.1) is 5.41 Å². The minimum atomic E-state index is -1.78. The molecule has 1 aromatic rings. The van der Waals surface area contributed by atoms with Gasteiger partial charge < -0.3 is 19.7 Å². The number of amides is 2. The minimum Gasteiger partial charge on any atom is -0.390 e. The highest BCUT2D eigenvalue weighted by Crippen LogP contribution is 2.63. The number of carbonyl (C=O) groups is 2. The van der Waals surface area contributed by atoms with Crippen LogP contribution in [0.1, 0.15) is 40.0 Å². The van der Waals surface area contributed by atoms with Crippen molar-refractivity contribution >= 4 is 35.2 Å². The van der Waals surface area contributed by atoms with Crippen molar-refractivity contribution in [2.75, 3.05) is 18.7 Å². The first-order valence-electron chi connectivity index (χ1n) is 11.2. The van der Waals surface area contributed by atoms with Crippen LogP contribution < -0.4 is 5.32 Å². The van der Waals surface area contributed by atoms with E-state index in [9.17, 15) is 19.8 Å². The third-order valence-corrected chi connectivity index (χ3v) is 8.42. The number of carbonyl (C=O) groups excluding carboxylic acids is 2. The summed E-state index contributed by atoms with van der Waals surface area (Å²) >= 11 is 7.04. The zero-order valence-corrected chi connectivity index (χ0v) is 21.5. The Labute approximate surface area is 209 Å². The van der Waals surface area contributed by atoms with E-state index in [1.807, 2.05) is 32.1 Å². The van der Waals surface area contributed by atoms with E-state index >= 15 is 0 Å². The molecule has 6 atom stereocenters. The van der Waals surface area contributed by atoms with E-state index in [0.717, 1.165) is 10.5 Å². The Morgan fingerprint density at radius 1 is 1.38 bits per heavy atom. The number of hydrogen-bond donors (Lipinski definition) is 3. The van der Waals surface area contributed by atoms with E-state index in [1.54, 1.807) is 19.3 Å². The highest BCUT2D eigenvalue weighted by atomic mass is 35.5. The highest BCUT2D eigenvalue weighted by molar-refractivity contribution is 7.99. The predicted molar refractivity (Wildman–Crippen MR) is 130 cm³/mol. The number of imide groups is 1. The van der Waals surface area contributed by atoms with Crippen LogP contribution in [0.4, 0.5) is 0 Å². The Hall–Kier alpha value is -1.49. The normalized spacial score (nSPS) is 34.9. The number of nitrogens with one attached hydrogen (secondary N) is 1. The molecule has 34 heavy (non-hydrogen) atoms. The van der Waals surface area contributed by atoms with Gasteiger partial charge in [-0.2, -0.15) is 0 Å². The molecule has 2 amide bonds. The summed E-state index contributed by atoms with van der Waals surface area (Å²) in [6, 6.07) is 3.62. The molecule has 0 radical (unpaired) electrons. The summed E-state index contributed by atoms with van der Waals surface area (Å²) in [4.78, 5) is 31.0. The van der Waals surface area contributed by atoms with Crippen molar-refractivity contribution in [3.05, 3.63) is 36.2 Å². The molecular formula is C24H33ClN2O6S. The molecule has 0 spiro atoms. The number of alkyl halides is 1. The highest BCUT2D eigenvalue weighted by Gasteiger charge is 2.80. The van der Waals surface area contributed by atoms with E-state index in [-0.39, 0.29) is 18.6 Å². The number of aliphatic hydroxyl groups is 2. The molecule has 1 aliphatic heterocycles. The Morgan fingerprint density at radius 2 is 2.06 bits per heavy atom. The van der Waals surface area contributed by atoms with E-state index in [1.165, 1.54) is 18.9 Å². The number of nitrogens with zero attached hydrogens (tertiary/aromatic N) is 1. The molecule has 1 saturated heterocycles. The van der Waals surface area contributed by atoms with Gasteiger partial charge in [-0.15, -0.1) is 23.4 Å². The summed E-state index contributed by atoms with van der Waals surface area (Å²) < 4.78 is 11.9. The quantitative estimate of drug-likeness (QED) is 0.200. The summed E-state index contributed by atoms with van der Waals surface area (Å²) in [5, 5.41) is 25.5. The van der Waals surface area contributed by atoms with Gasteiger partial charge in [-0.3, -0.25) is 19.9 Å². The van der Waals surface area contributed by atoms with Gasteiger partial charge in [0.1, 0.15) is 23.0 Å². The molecule has 10 heteroatoms. The molecule has 0 aromatic carbocycles.